The van der Waals surface area contributed by atoms with Crippen LogP contribution in [0.1, 0.15) is 0 Å². The Hall–Kier alpha value is -0.730. The molecule has 7 nitrogen and oxygen atoms in total. The van der Waals surface area contributed by atoms with Crippen LogP contribution >= 0.6 is 0 Å². The van der Waals surface area contributed by atoms with Gasteiger partial charge in [-0.2, -0.15) is 0 Å². The number of carbonyl (C=O) groups excluding carboxylic acids is 1. The topological polar surface area (TPSA) is 75.2 Å². The van der Waals surface area contributed by atoms with Crippen molar-refractivity contribution in [3.8, 4) is 0 Å². The molecule has 0 aliphatic carbocycles. The number of likely N-dealkylation sites (N-methyl/N-ethyl adjacent to an activating group) is 1. The first-order chi connectivity index (χ1) is 9.41. The van der Waals surface area contributed by atoms with Gasteiger partial charge in [0.2, 0.25) is 0 Å². The number of carbonyl (C=O) groups is 1. The van der Waals surface area contributed by atoms with Crippen LogP contribution in [0, 0.1) is 0 Å². The molecular formula is C12H25NO6. The highest BCUT2D eigenvalue weighted by Gasteiger charge is 1.92. The SMILES string of the molecule is CNCCOCCOCCOCCOCCOC=O. The molecule has 0 spiro atoms. The molecule has 0 saturated heterocycles. The minimum Gasteiger partial charge on any atom is -0.465 e. The van der Waals surface area contributed by atoms with Crippen LogP contribution in [0.25, 0.3) is 0 Å². The molecule has 0 radical (unpaired) electrons. The number of nitrogens with one attached hydrogen (secondary N) is 1. The lowest BCUT2D eigenvalue weighted by atomic mass is 10.6. The molecule has 0 amide bonds. The summed E-state index contributed by atoms with van der Waals surface area (Å²) >= 11 is 0. The lowest BCUT2D eigenvalue weighted by Crippen LogP contribution is -2.17. The molecule has 0 atom stereocenters. The first-order valence-corrected chi connectivity index (χ1v) is 6.42. The van der Waals surface area contributed by atoms with Crippen LogP contribution in [0.2, 0.25) is 0 Å². The monoisotopic (exact) mass is 279 g/mol. The van der Waals surface area contributed by atoms with Crippen molar-refractivity contribution >= 4 is 6.47 Å². The van der Waals surface area contributed by atoms with E-state index in [4.69, 9.17) is 18.9 Å². The highest BCUT2D eigenvalue weighted by Crippen LogP contribution is 1.82. The Kier molecular flexibility index (Phi) is 16.6. The maximum Gasteiger partial charge on any atom is 0.293 e. The zero-order chi connectivity index (χ0) is 14.0. The van der Waals surface area contributed by atoms with E-state index in [0.29, 0.717) is 59.3 Å². The second-order valence-corrected chi connectivity index (χ2v) is 3.52. The normalized spacial score (nSPS) is 10.6. The Bertz CT molecular complexity index is 182. The van der Waals surface area contributed by atoms with Gasteiger partial charge >= 0.3 is 0 Å². The van der Waals surface area contributed by atoms with E-state index in [1.165, 1.54) is 0 Å². The molecule has 0 unspecified atom stereocenters. The third kappa shape index (κ3) is 17.3. The van der Waals surface area contributed by atoms with Crippen molar-refractivity contribution in [3.05, 3.63) is 0 Å². The second kappa shape index (κ2) is 17.3. The van der Waals surface area contributed by atoms with E-state index in [0.717, 1.165) is 6.54 Å². The summed E-state index contributed by atoms with van der Waals surface area (Å²) in [5, 5.41) is 2.99. The minimum atomic E-state index is 0.278. The van der Waals surface area contributed by atoms with Gasteiger partial charge in [0.05, 0.1) is 52.9 Å². The fourth-order valence-electron chi connectivity index (χ4n) is 1.09. The van der Waals surface area contributed by atoms with Gasteiger partial charge < -0.3 is 29.0 Å². The van der Waals surface area contributed by atoms with Crippen molar-refractivity contribution in [2.45, 2.75) is 0 Å². The summed E-state index contributed by atoms with van der Waals surface area (Å²) in [5.74, 6) is 0. The Morgan fingerprint density at radius 2 is 1.16 bits per heavy atom. The van der Waals surface area contributed by atoms with Gasteiger partial charge in [0, 0.05) is 6.54 Å². The van der Waals surface area contributed by atoms with Gasteiger partial charge in [-0.3, -0.25) is 4.79 Å². The summed E-state index contributed by atoms with van der Waals surface area (Å²) in [5.41, 5.74) is 0. The van der Waals surface area contributed by atoms with Crippen molar-refractivity contribution in [2.24, 2.45) is 0 Å². The molecule has 0 bridgehead atoms. The quantitative estimate of drug-likeness (QED) is 0.300. The van der Waals surface area contributed by atoms with Crippen molar-refractivity contribution in [3.63, 3.8) is 0 Å². The molecular weight excluding hydrogens is 254 g/mol. The lowest BCUT2D eigenvalue weighted by molar-refractivity contribution is -0.130. The minimum absolute atomic E-state index is 0.278. The van der Waals surface area contributed by atoms with E-state index in [1.807, 2.05) is 7.05 Å². The van der Waals surface area contributed by atoms with Gasteiger partial charge in [0.1, 0.15) is 6.61 Å². The third-order valence-corrected chi connectivity index (χ3v) is 2.03. The van der Waals surface area contributed by atoms with Crippen molar-refractivity contribution in [1.82, 2.24) is 5.32 Å². The standard InChI is InChI=1S/C12H25NO6/c1-13-2-3-15-4-5-16-6-7-17-8-9-18-10-11-19-12-14/h12-13H,2-11H2,1H3. The maximum absolute atomic E-state index is 9.81. The van der Waals surface area contributed by atoms with E-state index in [2.05, 4.69) is 10.1 Å². The van der Waals surface area contributed by atoms with E-state index >= 15 is 0 Å². The molecule has 114 valence electrons. The first kappa shape index (κ1) is 18.3. The van der Waals surface area contributed by atoms with E-state index < -0.39 is 0 Å². The molecule has 0 aromatic rings. The molecule has 0 heterocycles. The summed E-state index contributed by atoms with van der Waals surface area (Å²) in [7, 11) is 1.89. The van der Waals surface area contributed by atoms with E-state index in [9.17, 15) is 4.79 Å². The molecule has 0 aromatic carbocycles. The van der Waals surface area contributed by atoms with Gasteiger partial charge in [-0.15, -0.1) is 0 Å². The average Bonchev–Trinajstić information content (AvgIpc) is 2.43. The highest BCUT2D eigenvalue weighted by atomic mass is 16.6. The van der Waals surface area contributed by atoms with Crippen molar-refractivity contribution in [2.75, 3.05) is 73.1 Å². The molecule has 0 aliphatic heterocycles. The van der Waals surface area contributed by atoms with Crippen molar-refractivity contribution in [1.29, 1.82) is 0 Å². The first-order valence-electron chi connectivity index (χ1n) is 6.42. The fourth-order valence-corrected chi connectivity index (χ4v) is 1.09. The van der Waals surface area contributed by atoms with Crippen LogP contribution in [0.4, 0.5) is 0 Å². The summed E-state index contributed by atoms with van der Waals surface area (Å²) in [6, 6.07) is 0. The van der Waals surface area contributed by atoms with Crippen LogP contribution in [0.3, 0.4) is 0 Å². The highest BCUT2D eigenvalue weighted by molar-refractivity contribution is 5.36. The molecule has 0 aliphatic rings. The Morgan fingerprint density at radius 1 is 0.737 bits per heavy atom. The zero-order valence-electron chi connectivity index (χ0n) is 11.6. The number of hydrogen-bond acceptors (Lipinski definition) is 7. The molecule has 1 N–H and O–H groups in total. The van der Waals surface area contributed by atoms with E-state index in [-0.39, 0.29) is 6.61 Å². The summed E-state index contributed by atoms with van der Waals surface area (Å²) in [4.78, 5) is 9.81. The Balaban J connectivity index is 2.89. The molecule has 19 heavy (non-hydrogen) atoms. The Labute approximate surface area is 114 Å². The van der Waals surface area contributed by atoms with Crippen LogP contribution in [-0.2, 0) is 28.5 Å². The Morgan fingerprint density at radius 3 is 1.58 bits per heavy atom. The van der Waals surface area contributed by atoms with Crippen molar-refractivity contribution < 1.29 is 28.5 Å². The van der Waals surface area contributed by atoms with Gasteiger partial charge in [-0.05, 0) is 7.05 Å². The van der Waals surface area contributed by atoms with Gasteiger partial charge in [0.25, 0.3) is 6.47 Å². The number of rotatable bonds is 16. The number of ether oxygens (including phenoxy) is 5. The fraction of sp³-hybridized carbons (Fsp3) is 0.917. The lowest BCUT2D eigenvalue weighted by Gasteiger charge is -2.07. The second-order valence-electron chi connectivity index (χ2n) is 3.52. The average molecular weight is 279 g/mol. The third-order valence-electron chi connectivity index (χ3n) is 2.03. The maximum atomic E-state index is 9.81. The molecule has 0 rings (SSSR count). The summed E-state index contributed by atoms with van der Waals surface area (Å²) < 4.78 is 25.5. The predicted molar refractivity (Wildman–Crippen MR) is 69.2 cm³/mol. The van der Waals surface area contributed by atoms with E-state index in [1.54, 1.807) is 0 Å². The van der Waals surface area contributed by atoms with Crippen LogP contribution in [0.15, 0.2) is 0 Å². The zero-order valence-corrected chi connectivity index (χ0v) is 11.6. The predicted octanol–water partition coefficient (Wildman–Crippen LogP) is -0.555. The largest absolute Gasteiger partial charge is 0.465 e. The summed E-state index contributed by atoms with van der Waals surface area (Å²) in [6.45, 7) is 5.85. The van der Waals surface area contributed by atoms with Gasteiger partial charge in [-0.25, -0.2) is 0 Å². The smallest absolute Gasteiger partial charge is 0.293 e. The molecule has 7 heteroatoms. The molecule has 0 saturated carbocycles. The molecule has 0 fully saturated rings. The van der Waals surface area contributed by atoms with Crippen LogP contribution < -0.4 is 5.32 Å². The van der Waals surface area contributed by atoms with Crippen LogP contribution in [0.5, 0.6) is 0 Å². The summed E-state index contributed by atoms with van der Waals surface area (Å²) in [6.07, 6.45) is 0. The molecule has 0 aromatic heterocycles. The van der Waals surface area contributed by atoms with Gasteiger partial charge in [0.15, 0.2) is 0 Å². The van der Waals surface area contributed by atoms with Gasteiger partial charge in [-0.1, -0.05) is 0 Å². The number of hydrogen-bond donors (Lipinski definition) is 1. The van der Waals surface area contributed by atoms with Crippen LogP contribution in [-0.4, -0.2) is 79.5 Å².